The van der Waals surface area contributed by atoms with Crippen molar-refractivity contribution >= 4 is 29.1 Å². The van der Waals surface area contributed by atoms with Gasteiger partial charge in [0.25, 0.3) is 11.8 Å². The number of benzene rings is 2. The molecule has 0 saturated heterocycles. The van der Waals surface area contributed by atoms with E-state index in [0.717, 1.165) is 49.7 Å². The zero-order valence-corrected chi connectivity index (χ0v) is 24.0. The summed E-state index contributed by atoms with van der Waals surface area (Å²) in [5, 5.41) is 17.0. The van der Waals surface area contributed by atoms with Crippen LogP contribution in [0.3, 0.4) is 0 Å². The van der Waals surface area contributed by atoms with E-state index in [2.05, 4.69) is 51.6 Å². The smallest absolute Gasteiger partial charge is 0.275 e. The highest BCUT2D eigenvalue weighted by Gasteiger charge is 2.54. The number of aromatic amines is 1. The third-order valence-corrected chi connectivity index (χ3v) is 8.47. The predicted molar refractivity (Wildman–Crippen MR) is 154 cm³/mol. The first-order valence-electron chi connectivity index (χ1n) is 14.1. The summed E-state index contributed by atoms with van der Waals surface area (Å²) in [5.74, 6) is 1.15. The zero-order chi connectivity index (χ0) is 28.3. The summed E-state index contributed by atoms with van der Waals surface area (Å²) in [6.45, 7) is 6.85. The molecule has 2 aliphatic rings. The van der Waals surface area contributed by atoms with E-state index in [4.69, 9.17) is 16.6 Å². The molecule has 2 amide bonds. The van der Waals surface area contributed by atoms with Crippen molar-refractivity contribution < 1.29 is 9.59 Å². The summed E-state index contributed by atoms with van der Waals surface area (Å²) in [6, 6.07) is 14.8. The fourth-order valence-electron chi connectivity index (χ4n) is 6.02. The summed E-state index contributed by atoms with van der Waals surface area (Å²) in [4.78, 5) is 34.3. The lowest BCUT2D eigenvalue weighted by molar-refractivity contribution is -0.131. The molecule has 9 nitrogen and oxygen atoms in total. The highest BCUT2D eigenvalue weighted by Crippen LogP contribution is 2.50. The fourth-order valence-corrected chi connectivity index (χ4v) is 6.21. The number of nitrogens with one attached hydrogen (secondary N) is 2. The van der Waals surface area contributed by atoms with Gasteiger partial charge in [0, 0.05) is 16.1 Å². The summed E-state index contributed by atoms with van der Waals surface area (Å²) in [6.07, 6.45) is 5.52. The average molecular weight is 562 g/mol. The zero-order valence-electron chi connectivity index (χ0n) is 23.2. The van der Waals surface area contributed by atoms with E-state index in [1.165, 1.54) is 0 Å². The Kier molecular flexibility index (Phi) is 8.30. The van der Waals surface area contributed by atoms with E-state index >= 15 is 0 Å². The first kappa shape index (κ1) is 28.0. The van der Waals surface area contributed by atoms with Gasteiger partial charge in [-0.1, -0.05) is 74.7 Å². The molecule has 1 aromatic heterocycles. The highest BCUT2D eigenvalue weighted by molar-refractivity contribution is 6.47. The lowest BCUT2D eigenvalue weighted by Gasteiger charge is -2.40. The molecular weight excluding hydrogens is 526 g/mol. The van der Waals surface area contributed by atoms with Crippen LogP contribution in [0.25, 0.3) is 0 Å². The molecule has 210 valence electrons. The molecule has 2 unspecified atom stereocenters. The third-order valence-electron chi connectivity index (χ3n) is 8.23. The Hall–Kier alpha value is -3.59. The first-order chi connectivity index (χ1) is 19.3. The monoisotopic (exact) mass is 561 g/mol. The lowest BCUT2D eigenvalue weighted by atomic mass is 9.91. The Bertz CT molecular complexity index is 1370. The molecule has 5 rings (SSSR count). The topological polar surface area (TPSA) is 116 Å². The van der Waals surface area contributed by atoms with Crippen molar-refractivity contribution in [1.82, 2.24) is 30.8 Å². The molecule has 1 saturated carbocycles. The van der Waals surface area contributed by atoms with Gasteiger partial charge in [0.05, 0.1) is 12.6 Å². The Balaban J connectivity index is 1.46. The van der Waals surface area contributed by atoms with Gasteiger partial charge < -0.3 is 10.2 Å². The number of hydrogen-bond donors (Lipinski definition) is 2. The van der Waals surface area contributed by atoms with Gasteiger partial charge in [0.15, 0.2) is 5.82 Å². The van der Waals surface area contributed by atoms with E-state index < -0.39 is 5.66 Å². The SMILES string of the molecule is CCCC[C@H](c1ccc(C(=O)NCc2nn[nH]n2)cc1)N1C(=O)C(c2cccc(Cl)c2)=NC12CCC(C(C)C)C2. The number of rotatable bonds is 10. The van der Waals surface area contributed by atoms with Crippen LogP contribution < -0.4 is 5.32 Å². The number of unbranched alkanes of at least 4 members (excludes halogenated alkanes) is 1. The minimum Gasteiger partial charge on any atom is -0.345 e. The molecule has 2 heterocycles. The number of tetrazole rings is 1. The summed E-state index contributed by atoms with van der Waals surface area (Å²) >= 11 is 6.32. The molecule has 1 aliphatic carbocycles. The Morgan fingerprint density at radius 2 is 2.02 bits per heavy atom. The maximum atomic E-state index is 14.3. The molecule has 0 radical (unpaired) electrons. The second kappa shape index (κ2) is 11.9. The first-order valence-corrected chi connectivity index (χ1v) is 14.5. The maximum Gasteiger partial charge on any atom is 0.275 e. The molecule has 0 bridgehead atoms. The third kappa shape index (κ3) is 5.66. The van der Waals surface area contributed by atoms with E-state index in [1.54, 1.807) is 0 Å². The van der Waals surface area contributed by atoms with E-state index in [1.807, 2.05) is 48.5 Å². The van der Waals surface area contributed by atoms with E-state index in [-0.39, 0.29) is 24.4 Å². The van der Waals surface area contributed by atoms with Gasteiger partial charge in [0.1, 0.15) is 11.4 Å². The number of hydrogen-bond acceptors (Lipinski definition) is 6. The van der Waals surface area contributed by atoms with Crippen LogP contribution >= 0.6 is 11.6 Å². The maximum absolute atomic E-state index is 14.3. The molecule has 1 aliphatic heterocycles. The Morgan fingerprint density at radius 3 is 2.67 bits per heavy atom. The minimum atomic E-state index is -0.581. The molecule has 10 heteroatoms. The summed E-state index contributed by atoms with van der Waals surface area (Å²) in [7, 11) is 0. The van der Waals surface area contributed by atoms with Crippen LogP contribution in [0.2, 0.25) is 5.02 Å². The van der Waals surface area contributed by atoms with Crippen molar-refractivity contribution in [2.24, 2.45) is 16.8 Å². The van der Waals surface area contributed by atoms with Crippen molar-refractivity contribution in [2.45, 2.75) is 77.5 Å². The van der Waals surface area contributed by atoms with Crippen molar-refractivity contribution in [1.29, 1.82) is 0 Å². The van der Waals surface area contributed by atoms with Crippen LogP contribution in [0.4, 0.5) is 0 Å². The molecule has 40 heavy (non-hydrogen) atoms. The van der Waals surface area contributed by atoms with E-state index in [9.17, 15) is 9.59 Å². The fraction of sp³-hybridized carbons (Fsp3) is 0.467. The molecule has 2 aromatic carbocycles. The second-order valence-electron chi connectivity index (χ2n) is 11.2. The van der Waals surface area contributed by atoms with Crippen LogP contribution in [0.15, 0.2) is 53.5 Å². The molecule has 3 aromatic rings. The molecule has 2 N–H and O–H groups in total. The van der Waals surface area contributed by atoms with Crippen molar-refractivity contribution in [3.63, 3.8) is 0 Å². The average Bonchev–Trinajstić information content (AvgIpc) is 3.69. The van der Waals surface area contributed by atoms with Crippen LogP contribution in [0.5, 0.6) is 0 Å². The van der Waals surface area contributed by atoms with Crippen LogP contribution in [-0.4, -0.2) is 48.7 Å². The number of carbonyl (C=O) groups excluding carboxylic acids is 2. The quantitative estimate of drug-likeness (QED) is 0.339. The van der Waals surface area contributed by atoms with Crippen LogP contribution in [0, 0.1) is 11.8 Å². The number of carbonyl (C=O) groups is 2. The standard InChI is InChI=1S/C30H36ClN7O2/c1-4-5-9-25(20-10-12-21(13-11-20)28(39)32-18-26-34-36-37-35-26)38-29(40)27(22-7-6-8-24(31)16-22)33-30(38)15-14-23(17-30)19(2)3/h6-8,10-13,16,19,23,25H,4-5,9,14-15,17-18H2,1-3H3,(H,32,39)(H,34,35,36,37)/t23?,25-,30?/m1/s1. The van der Waals surface area contributed by atoms with Crippen molar-refractivity contribution in [2.75, 3.05) is 0 Å². The van der Waals surface area contributed by atoms with Crippen molar-refractivity contribution in [3.05, 3.63) is 76.1 Å². The summed E-state index contributed by atoms with van der Waals surface area (Å²) < 4.78 is 0. The van der Waals surface area contributed by atoms with Gasteiger partial charge >= 0.3 is 0 Å². The van der Waals surface area contributed by atoms with Gasteiger partial charge in [-0.05, 0) is 67.3 Å². The van der Waals surface area contributed by atoms with Gasteiger partial charge in [-0.2, -0.15) is 5.21 Å². The number of nitrogens with zero attached hydrogens (tertiary/aromatic N) is 5. The Labute approximate surface area is 239 Å². The molecule has 1 fully saturated rings. The van der Waals surface area contributed by atoms with Crippen LogP contribution in [-0.2, 0) is 11.3 Å². The van der Waals surface area contributed by atoms with Crippen molar-refractivity contribution in [3.8, 4) is 0 Å². The summed E-state index contributed by atoms with van der Waals surface area (Å²) in [5.41, 5.74) is 2.20. The number of H-pyrrole nitrogens is 1. The second-order valence-corrected chi connectivity index (χ2v) is 11.6. The number of aliphatic imine (C=N–C) groups is 1. The largest absolute Gasteiger partial charge is 0.345 e. The molecule has 3 atom stereocenters. The highest BCUT2D eigenvalue weighted by atomic mass is 35.5. The number of aromatic nitrogens is 4. The van der Waals surface area contributed by atoms with Crippen LogP contribution in [0.1, 0.15) is 92.6 Å². The van der Waals surface area contributed by atoms with Gasteiger partial charge in [-0.25, -0.2) is 0 Å². The minimum absolute atomic E-state index is 0.0466. The van der Waals surface area contributed by atoms with Gasteiger partial charge in [-0.3, -0.25) is 14.6 Å². The van der Waals surface area contributed by atoms with Gasteiger partial charge in [-0.15, -0.1) is 10.2 Å². The number of halogens is 1. The molecular formula is C30H36ClN7O2. The predicted octanol–water partition coefficient (Wildman–Crippen LogP) is 5.50. The van der Waals surface area contributed by atoms with Gasteiger partial charge in [0.2, 0.25) is 0 Å². The normalized spacial score (nSPS) is 21.3. The Morgan fingerprint density at radius 1 is 1.23 bits per heavy atom. The number of amides is 2. The molecule has 1 spiro atoms. The lowest BCUT2D eigenvalue weighted by Crippen LogP contribution is -2.47. The van der Waals surface area contributed by atoms with E-state index in [0.29, 0.717) is 34.0 Å².